The first-order chi connectivity index (χ1) is 15.3. The maximum Gasteiger partial charge on any atom is 0.0606 e. The summed E-state index contributed by atoms with van der Waals surface area (Å²) in [4.78, 5) is 2.48. The molecule has 31 heavy (non-hydrogen) atoms. The third-order valence-corrected chi connectivity index (χ3v) is 7.19. The lowest BCUT2D eigenvalue weighted by Gasteiger charge is -2.23. The van der Waals surface area contributed by atoms with Gasteiger partial charge in [-0.2, -0.15) is 0 Å². The number of rotatable bonds is 3. The molecule has 5 aromatic rings. The van der Waals surface area contributed by atoms with Crippen molar-refractivity contribution in [3.8, 4) is 11.1 Å². The van der Waals surface area contributed by atoms with Crippen LogP contribution in [0.3, 0.4) is 0 Å². The predicted octanol–water partition coefficient (Wildman–Crippen LogP) is 8.22. The molecule has 0 saturated heterocycles. The Labute approximate surface area is 190 Å². The smallest absolute Gasteiger partial charge is 0.0606 e. The maximum atomic E-state index is 6.75. The van der Waals surface area contributed by atoms with E-state index in [0.29, 0.717) is 0 Å². The number of hydrogen-bond donors (Lipinski definition) is 1. The number of benzene rings is 4. The highest BCUT2D eigenvalue weighted by molar-refractivity contribution is 7.99. The fourth-order valence-corrected chi connectivity index (χ4v) is 5.60. The van der Waals surface area contributed by atoms with E-state index in [0.717, 1.165) is 39.4 Å². The average molecular weight is 439 g/mol. The Morgan fingerprint density at radius 3 is 2.42 bits per heavy atom. The fourth-order valence-electron chi connectivity index (χ4n) is 4.31. The van der Waals surface area contributed by atoms with Gasteiger partial charge in [0.25, 0.3) is 0 Å². The Kier molecular flexibility index (Phi) is 4.52. The van der Waals surface area contributed by atoms with Crippen molar-refractivity contribution in [2.45, 2.75) is 16.3 Å². The van der Waals surface area contributed by atoms with Crippen molar-refractivity contribution in [2.75, 3.05) is 5.32 Å². The van der Waals surface area contributed by atoms with Gasteiger partial charge in [0, 0.05) is 39.0 Å². The number of halogens is 1. The number of anilines is 2. The van der Waals surface area contributed by atoms with E-state index in [9.17, 15) is 0 Å². The van der Waals surface area contributed by atoms with Crippen LogP contribution in [0.2, 0.25) is 5.02 Å². The quantitative estimate of drug-likeness (QED) is 0.299. The molecule has 2 heterocycles. The lowest BCUT2D eigenvalue weighted by Crippen LogP contribution is -2.01. The van der Waals surface area contributed by atoms with Crippen LogP contribution < -0.4 is 5.32 Å². The maximum absolute atomic E-state index is 6.75. The van der Waals surface area contributed by atoms with Crippen LogP contribution in [-0.2, 0) is 6.54 Å². The zero-order chi connectivity index (χ0) is 20.8. The van der Waals surface area contributed by atoms with Crippen LogP contribution in [0.25, 0.3) is 22.0 Å². The summed E-state index contributed by atoms with van der Waals surface area (Å²) in [6.45, 7) is 0.803. The normalized spacial score (nSPS) is 12.3. The van der Waals surface area contributed by atoms with Gasteiger partial charge in [0.05, 0.1) is 21.9 Å². The van der Waals surface area contributed by atoms with Crippen molar-refractivity contribution in [1.82, 2.24) is 4.57 Å². The van der Waals surface area contributed by atoms with Crippen molar-refractivity contribution < 1.29 is 0 Å². The van der Waals surface area contributed by atoms with E-state index in [1.54, 1.807) is 0 Å². The third kappa shape index (κ3) is 3.21. The second kappa shape index (κ2) is 7.52. The standard InChI is InChI=1S/C27H19ClN2S/c28-21-11-7-13-23-26(21)20(17-30(23)16-18-8-2-1-3-9-18)19-10-6-15-25-27(19)29-22-12-4-5-14-24(22)31-25/h1-15,17,29H,16H2. The highest BCUT2D eigenvalue weighted by atomic mass is 35.5. The molecule has 4 heteroatoms. The lowest BCUT2D eigenvalue weighted by atomic mass is 10.0. The summed E-state index contributed by atoms with van der Waals surface area (Å²) in [5.74, 6) is 0. The van der Waals surface area contributed by atoms with E-state index in [-0.39, 0.29) is 0 Å². The van der Waals surface area contributed by atoms with Gasteiger partial charge in [0.2, 0.25) is 0 Å². The summed E-state index contributed by atoms with van der Waals surface area (Å²) in [5.41, 5.74) is 7.03. The van der Waals surface area contributed by atoms with Crippen molar-refractivity contribution >= 4 is 45.6 Å². The van der Waals surface area contributed by atoms with E-state index in [4.69, 9.17) is 11.6 Å². The number of hydrogen-bond acceptors (Lipinski definition) is 2. The molecule has 0 radical (unpaired) electrons. The number of nitrogens with zero attached hydrogens (tertiary/aromatic N) is 1. The van der Waals surface area contributed by atoms with Crippen LogP contribution in [0, 0.1) is 0 Å². The highest BCUT2D eigenvalue weighted by Crippen LogP contribution is 2.49. The summed E-state index contributed by atoms with van der Waals surface area (Å²) >= 11 is 8.56. The van der Waals surface area contributed by atoms with Crippen LogP contribution in [0.4, 0.5) is 11.4 Å². The van der Waals surface area contributed by atoms with Crippen LogP contribution in [0.1, 0.15) is 5.56 Å². The molecular weight excluding hydrogens is 420 g/mol. The van der Waals surface area contributed by atoms with Crippen LogP contribution in [0.15, 0.2) is 107 Å². The topological polar surface area (TPSA) is 17.0 Å². The molecule has 1 aromatic heterocycles. The van der Waals surface area contributed by atoms with Gasteiger partial charge in [-0.3, -0.25) is 0 Å². The molecule has 2 nitrogen and oxygen atoms in total. The molecule has 0 unspecified atom stereocenters. The van der Waals surface area contributed by atoms with Gasteiger partial charge in [-0.05, 0) is 35.9 Å². The molecule has 6 rings (SSSR count). The summed E-state index contributed by atoms with van der Waals surface area (Å²) in [7, 11) is 0. The zero-order valence-electron chi connectivity index (χ0n) is 16.7. The molecule has 1 N–H and O–H groups in total. The Morgan fingerprint density at radius 1 is 0.742 bits per heavy atom. The van der Waals surface area contributed by atoms with Crippen LogP contribution in [0.5, 0.6) is 0 Å². The summed E-state index contributed by atoms with van der Waals surface area (Å²) < 4.78 is 2.30. The molecule has 0 amide bonds. The number of fused-ring (bicyclic) bond motifs is 3. The first kappa shape index (κ1) is 18.6. The molecule has 0 spiro atoms. The molecule has 0 atom stereocenters. The van der Waals surface area contributed by atoms with Crippen molar-refractivity contribution in [3.05, 3.63) is 108 Å². The third-order valence-electron chi connectivity index (χ3n) is 5.73. The summed E-state index contributed by atoms with van der Waals surface area (Å²) in [6, 6.07) is 31.6. The lowest BCUT2D eigenvalue weighted by molar-refractivity contribution is 0.837. The van der Waals surface area contributed by atoms with Gasteiger partial charge < -0.3 is 9.88 Å². The SMILES string of the molecule is Clc1cccc2c1c(-c1cccc3c1Nc1ccccc1S3)cn2Cc1ccccc1. The molecule has 0 aliphatic carbocycles. The molecule has 0 fully saturated rings. The Morgan fingerprint density at radius 2 is 1.52 bits per heavy atom. The first-order valence-corrected chi connectivity index (χ1v) is 11.5. The minimum atomic E-state index is 0.778. The van der Waals surface area contributed by atoms with Crippen molar-refractivity contribution in [3.63, 3.8) is 0 Å². The Balaban J connectivity index is 1.54. The van der Waals surface area contributed by atoms with Gasteiger partial charge in [-0.1, -0.05) is 84.0 Å². The molecule has 4 aromatic carbocycles. The predicted molar refractivity (Wildman–Crippen MR) is 132 cm³/mol. The molecule has 150 valence electrons. The fraction of sp³-hybridized carbons (Fsp3) is 0.0370. The number of para-hydroxylation sites is 2. The van der Waals surface area contributed by atoms with Crippen molar-refractivity contribution in [1.29, 1.82) is 0 Å². The second-order valence-electron chi connectivity index (χ2n) is 7.69. The minimum Gasteiger partial charge on any atom is -0.353 e. The molecular formula is C27H19ClN2S. The number of nitrogens with one attached hydrogen (secondary N) is 1. The average Bonchev–Trinajstić information content (AvgIpc) is 3.17. The van der Waals surface area contributed by atoms with Crippen molar-refractivity contribution in [2.24, 2.45) is 0 Å². The Hall–Kier alpha value is -3.14. The second-order valence-corrected chi connectivity index (χ2v) is 9.18. The molecule has 0 bridgehead atoms. The van der Waals surface area contributed by atoms with Gasteiger partial charge in [0.15, 0.2) is 0 Å². The molecule has 1 aliphatic heterocycles. The molecule has 0 saturated carbocycles. The molecule has 1 aliphatic rings. The van der Waals surface area contributed by atoms with Crippen LogP contribution in [-0.4, -0.2) is 4.57 Å². The van der Waals surface area contributed by atoms with Gasteiger partial charge in [-0.25, -0.2) is 0 Å². The minimum absolute atomic E-state index is 0.778. The van der Waals surface area contributed by atoms with E-state index >= 15 is 0 Å². The van der Waals surface area contributed by atoms with E-state index in [2.05, 4.69) is 94.9 Å². The summed E-state index contributed by atoms with van der Waals surface area (Å²) in [5, 5.41) is 5.55. The van der Waals surface area contributed by atoms with Crippen LogP contribution >= 0.6 is 23.4 Å². The Bertz CT molecular complexity index is 1420. The summed E-state index contributed by atoms with van der Waals surface area (Å²) in [6.07, 6.45) is 2.24. The van der Waals surface area contributed by atoms with Gasteiger partial charge in [0.1, 0.15) is 0 Å². The van der Waals surface area contributed by atoms with Gasteiger partial charge >= 0.3 is 0 Å². The van der Waals surface area contributed by atoms with E-state index < -0.39 is 0 Å². The van der Waals surface area contributed by atoms with E-state index in [1.807, 2.05) is 23.9 Å². The zero-order valence-corrected chi connectivity index (χ0v) is 18.3. The van der Waals surface area contributed by atoms with E-state index in [1.165, 1.54) is 20.9 Å². The highest BCUT2D eigenvalue weighted by Gasteiger charge is 2.22. The monoisotopic (exact) mass is 438 g/mol. The number of aromatic nitrogens is 1. The van der Waals surface area contributed by atoms with Gasteiger partial charge in [-0.15, -0.1) is 0 Å². The first-order valence-electron chi connectivity index (χ1n) is 10.3. The largest absolute Gasteiger partial charge is 0.353 e.